The van der Waals surface area contributed by atoms with Crippen LogP contribution in [0.3, 0.4) is 0 Å². The van der Waals surface area contributed by atoms with Crippen LogP contribution in [0.5, 0.6) is 5.75 Å². The fourth-order valence-electron chi connectivity index (χ4n) is 4.14. The van der Waals surface area contributed by atoms with Crippen molar-refractivity contribution in [3.8, 4) is 27.6 Å². The minimum absolute atomic E-state index is 0.0453. The molecule has 0 radical (unpaired) electrons. The molecule has 35 heavy (non-hydrogen) atoms. The van der Waals surface area contributed by atoms with Gasteiger partial charge in [0.25, 0.3) is 5.91 Å². The molecular formula is C29H26N2O3S. The molecule has 1 aromatic heterocycles. The van der Waals surface area contributed by atoms with Gasteiger partial charge in [0.05, 0.1) is 17.9 Å². The second-order valence-corrected chi connectivity index (χ2v) is 9.83. The minimum Gasteiger partial charge on any atom is -0.479 e. The number of ether oxygens (including phenoxy) is 1. The van der Waals surface area contributed by atoms with E-state index in [1.54, 1.807) is 18.3 Å². The highest BCUT2D eigenvalue weighted by Crippen LogP contribution is 2.38. The Morgan fingerprint density at radius 3 is 2.49 bits per heavy atom. The molecule has 3 aromatic carbocycles. The SMILES string of the molecule is CC1Oc2ccc(-c3csc(-c4ccccc4)n3)cc2N(CC(=O)c2ccc(C(C)C)cc2)C1=O. The van der Waals surface area contributed by atoms with Gasteiger partial charge in [0.1, 0.15) is 10.8 Å². The molecule has 2 heterocycles. The zero-order valence-corrected chi connectivity index (χ0v) is 20.7. The number of aromatic nitrogens is 1. The monoisotopic (exact) mass is 482 g/mol. The van der Waals surface area contributed by atoms with Crippen molar-refractivity contribution in [3.63, 3.8) is 0 Å². The molecule has 6 heteroatoms. The van der Waals surface area contributed by atoms with E-state index in [0.29, 0.717) is 22.9 Å². The lowest BCUT2D eigenvalue weighted by atomic mass is 10.00. The number of carbonyl (C=O) groups excluding carboxylic acids is 2. The number of anilines is 1. The lowest BCUT2D eigenvalue weighted by Crippen LogP contribution is -2.46. The molecule has 0 saturated carbocycles. The zero-order valence-electron chi connectivity index (χ0n) is 19.9. The van der Waals surface area contributed by atoms with E-state index in [0.717, 1.165) is 21.8 Å². The summed E-state index contributed by atoms with van der Waals surface area (Å²) in [7, 11) is 0. The fraction of sp³-hybridized carbons (Fsp3) is 0.207. The van der Waals surface area contributed by atoms with Crippen LogP contribution in [0.4, 0.5) is 5.69 Å². The lowest BCUT2D eigenvalue weighted by molar-refractivity contribution is -0.125. The smallest absolute Gasteiger partial charge is 0.268 e. The summed E-state index contributed by atoms with van der Waals surface area (Å²) >= 11 is 1.57. The summed E-state index contributed by atoms with van der Waals surface area (Å²) in [6.45, 7) is 5.89. The standard InChI is InChI=1S/C29H26N2O3S/c1-18(2)20-9-11-21(12-10-20)26(32)16-31-25-15-23(13-14-27(25)34-19(3)29(31)33)24-17-35-28(30-24)22-7-5-4-6-8-22/h4-15,17-19H,16H2,1-3H3. The maximum atomic E-state index is 13.1. The first-order valence-electron chi connectivity index (χ1n) is 11.7. The van der Waals surface area contributed by atoms with Crippen molar-refractivity contribution in [1.29, 1.82) is 0 Å². The molecule has 1 unspecified atom stereocenters. The number of hydrogen-bond donors (Lipinski definition) is 0. The molecule has 1 aliphatic rings. The number of nitrogens with zero attached hydrogens (tertiary/aromatic N) is 2. The molecule has 1 aliphatic heterocycles. The van der Waals surface area contributed by atoms with Crippen molar-refractivity contribution in [2.75, 3.05) is 11.4 Å². The van der Waals surface area contributed by atoms with Crippen LogP contribution in [-0.4, -0.2) is 29.3 Å². The molecule has 0 bridgehead atoms. The molecule has 0 aliphatic carbocycles. The number of fused-ring (bicyclic) bond motifs is 1. The van der Waals surface area contributed by atoms with Crippen LogP contribution in [-0.2, 0) is 4.79 Å². The average Bonchev–Trinajstić information content (AvgIpc) is 3.37. The van der Waals surface area contributed by atoms with E-state index < -0.39 is 6.10 Å². The van der Waals surface area contributed by atoms with Crippen LogP contribution in [0.15, 0.2) is 78.2 Å². The van der Waals surface area contributed by atoms with Gasteiger partial charge in [-0.15, -0.1) is 11.3 Å². The van der Waals surface area contributed by atoms with Gasteiger partial charge in [-0.05, 0) is 36.6 Å². The van der Waals surface area contributed by atoms with Crippen LogP contribution < -0.4 is 9.64 Å². The van der Waals surface area contributed by atoms with Gasteiger partial charge in [0.15, 0.2) is 11.9 Å². The Balaban J connectivity index is 1.45. The summed E-state index contributed by atoms with van der Waals surface area (Å²) in [5, 5.41) is 2.93. The summed E-state index contributed by atoms with van der Waals surface area (Å²) in [5.74, 6) is 0.630. The predicted molar refractivity (Wildman–Crippen MR) is 140 cm³/mol. The molecule has 5 nitrogen and oxygen atoms in total. The van der Waals surface area contributed by atoms with Crippen LogP contribution >= 0.6 is 11.3 Å². The van der Waals surface area contributed by atoms with Crippen molar-refractivity contribution in [2.24, 2.45) is 0 Å². The first-order valence-corrected chi connectivity index (χ1v) is 12.5. The number of thiazole rings is 1. The minimum atomic E-state index is -0.659. The third kappa shape index (κ3) is 4.62. The van der Waals surface area contributed by atoms with Gasteiger partial charge in [-0.2, -0.15) is 0 Å². The Morgan fingerprint density at radius 1 is 1.03 bits per heavy atom. The quantitative estimate of drug-likeness (QED) is 0.291. The first kappa shape index (κ1) is 23.0. The van der Waals surface area contributed by atoms with Gasteiger partial charge in [0.2, 0.25) is 0 Å². The van der Waals surface area contributed by atoms with Gasteiger partial charge < -0.3 is 4.74 Å². The molecule has 0 N–H and O–H groups in total. The van der Waals surface area contributed by atoms with Crippen LogP contribution in [0.1, 0.15) is 42.6 Å². The van der Waals surface area contributed by atoms with Crippen molar-refractivity contribution in [2.45, 2.75) is 32.8 Å². The average molecular weight is 483 g/mol. The molecular weight excluding hydrogens is 456 g/mol. The Morgan fingerprint density at radius 2 is 1.77 bits per heavy atom. The van der Waals surface area contributed by atoms with Crippen LogP contribution in [0.25, 0.3) is 21.8 Å². The highest BCUT2D eigenvalue weighted by Gasteiger charge is 2.33. The summed E-state index contributed by atoms with van der Waals surface area (Å²) < 4.78 is 5.85. The largest absolute Gasteiger partial charge is 0.479 e. The number of hydrogen-bond acceptors (Lipinski definition) is 5. The van der Waals surface area contributed by atoms with Crippen LogP contribution in [0.2, 0.25) is 0 Å². The number of carbonyl (C=O) groups is 2. The van der Waals surface area contributed by atoms with Crippen molar-refractivity contribution in [1.82, 2.24) is 4.98 Å². The van der Waals surface area contributed by atoms with Gasteiger partial charge in [-0.1, -0.05) is 68.4 Å². The number of Topliss-reactive ketones (excluding diaryl/α,β-unsaturated/α-hetero) is 1. The maximum Gasteiger partial charge on any atom is 0.268 e. The summed E-state index contributed by atoms with van der Waals surface area (Å²) in [5.41, 5.74) is 5.10. The Bertz CT molecular complexity index is 1380. The topological polar surface area (TPSA) is 59.5 Å². The molecule has 176 valence electrons. The van der Waals surface area contributed by atoms with Crippen molar-refractivity contribution in [3.05, 3.63) is 89.3 Å². The van der Waals surface area contributed by atoms with E-state index in [-0.39, 0.29) is 18.2 Å². The molecule has 5 rings (SSSR count). The lowest BCUT2D eigenvalue weighted by Gasteiger charge is -2.33. The first-order chi connectivity index (χ1) is 16.9. The van der Waals surface area contributed by atoms with E-state index in [2.05, 4.69) is 13.8 Å². The number of benzene rings is 3. The summed E-state index contributed by atoms with van der Waals surface area (Å²) in [6.07, 6.45) is -0.659. The van der Waals surface area contributed by atoms with E-state index in [1.165, 1.54) is 10.5 Å². The third-order valence-corrected chi connectivity index (χ3v) is 7.08. The zero-order chi connectivity index (χ0) is 24.5. The van der Waals surface area contributed by atoms with Gasteiger partial charge in [-0.25, -0.2) is 4.98 Å². The van der Waals surface area contributed by atoms with Crippen LogP contribution in [0, 0.1) is 0 Å². The molecule has 0 saturated heterocycles. The predicted octanol–water partition coefficient (Wildman–Crippen LogP) is 6.60. The van der Waals surface area contributed by atoms with Gasteiger partial charge in [-0.3, -0.25) is 14.5 Å². The van der Waals surface area contributed by atoms with E-state index >= 15 is 0 Å². The van der Waals surface area contributed by atoms with Gasteiger partial charge >= 0.3 is 0 Å². The molecule has 0 fully saturated rings. The van der Waals surface area contributed by atoms with Crippen molar-refractivity contribution >= 4 is 28.7 Å². The molecule has 0 spiro atoms. The number of amides is 1. The molecule has 4 aromatic rings. The second-order valence-electron chi connectivity index (χ2n) is 8.97. The summed E-state index contributed by atoms with van der Waals surface area (Å²) in [6, 6.07) is 23.3. The third-order valence-electron chi connectivity index (χ3n) is 6.19. The van der Waals surface area contributed by atoms with E-state index in [9.17, 15) is 9.59 Å². The number of ketones is 1. The normalized spacial score (nSPS) is 15.1. The highest BCUT2D eigenvalue weighted by atomic mass is 32.1. The highest BCUT2D eigenvalue weighted by molar-refractivity contribution is 7.13. The summed E-state index contributed by atoms with van der Waals surface area (Å²) in [4.78, 5) is 32.5. The Hall–Kier alpha value is -3.77. The molecule has 1 amide bonds. The van der Waals surface area contributed by atoms with E-state index in [1.807, 2.05) is 78.2 Å². The van der Waals surface area contributed by atoms with Crippen molar-refractivity contribution < 1.29 is 14.3 Å². The Labute approximate surface area is 209 Å². The Kier molecular flexibility index (Phi) is 6.22. The fourth-order valence-corrected chi connectivity index (χ4v) is 4.97. The molecule has 1 atom stereocenters. The van der Waals surface area contributed by atoms with E-state index in [4.69, 9.17) is 9.72 Å². The maximum absolute atomic E-state index is 13.1. The second kappa shape index (κ2) is 9.47. The number of rotatable bonds is 6. The van der Waals surface area contributed by atoms with Gasteiger partial charge in [0, 0.05) is 22.1 Å².